The summed E-state index contributed by atoms with van der Waals surface area (Å²) in [6.45, 7) is 2.24. The first kappa shape index (κ1) is 16.5. The number of rotatable bonds is 3. The van der Waals surface area contributed by atoms with Gasteiger partial charge in [0.05, 0.1) is 24.4 Å². The molecule has 0 saturated heterocycles. The SMILES string of the molecule is Cc1ccc(NC(=O)CN2C(=O)CCOc3ccccc32)c(Br)c1. The number of nitrogens with zero attached hydrogens (tertiary/aromatic N) is 1. The van der Waals surface area contributed by atoms with Gasteiger partial charge < -0.3 is 10.1 Å². The second kappa shape index (κ2) is 7.05. The monoisotopic (exact) mass is 388 g/mol. The fourth-order valence-corrected chi connectivity index (χ4v) is 3.14. The average molecular weight is 389 g/mol. The van der Waals surface area contributed by atoms with Gasteiger partial charge in [0, 0.05) is 4.47 Å². The summed E-state index contributed by atoms with van der Waals surface area (Å²) in [5, 5.41) is 2.84. The lowest BCUT2D eigenvalue weighted by molar-refractivity contribution is -0.121. The van der Waals surface area contributed by atoms with Crippen LogP contribution in [0.3, 0.4) is 0 Å². The molecule has 2 aromatic rings. The molecule has 0 fully saturated rings. The molecule has 0 spiro atoms. The quantitative estimate of drug-likeness (QED) is 0.874. The summed E-state index contributed by atoms with van der Waals surface area (Å²) in [5.74, 6) is 0.232. The number of hydrogen-bond donors (Lipinski definition) is 1. The number of hydrogen-bond acceptors (Lipinski definition) is 3. The fourth-order valence-electron chi connectivity index (χ4n) is 2.55. The molecule has 24 heavy (non-hydrogen) atoms. The first-order valence-electron chi connectivity index (χ1n) is 7.63. The van der Waals surface area contributed by atoms with Gasteiger partial charge >= 0.3 is 0 Å². The summed E-state index contributed by atoms with van der Waals surface area (Å²) in [5.41, 5.74) is 2.39. The molecule has 1 heterocycles. The minimum Gasteiger partial charge on any atom is -0.491 e. The van der Waals surface area contributed by atoms with Crippen molar-refractivity contribution in [3.05, 3.63) is 52.5 Å². The van der Waals surface area contributed by atoms with E-state index in [1.54, 1.807) is 12.1 Å². The molecular formula is C18H17BrN2O3. The van der Waals surface area contributed by atoms with Crippen molar-refractivity contribution >= 4 is 39.1 Å². The van der Waals surface area contributed by atoms with Crippen LogP contribution in [0, 0.1) is 6.92 Å². The Bertz CT molecular complexity index is 792. The van der Waals surface area contributed by atoms with Crippen molar-refractivity contribution in [1.29, 1.82) is 0 Å². The van der Waals surface area contributed by atoms with Gasteiger partial charge in [-0.15, -0.1) is 0 Å². The number of anilines is 2. The molecule has 0 aromatic heterocycles. The van der Waals surface area contributed by atoms with Gasteiger partial charge in [0.15, 0.2) is 0 Å². The van der Waals surface area contributed by atoms with Gasteiger partial charge in [-0.1, -0.05) is 18.2 Å². The highest BCUT2D eigenvalue weighted by atomic mass is 79.9. The number of carbonyl (C=O) groups excluding carboxylic acids is 2. The van der Waals surface area contributed by atoms with E-state index in [9.17, 15) is 9.59 Å². The lowest BCUT2D eigenvalue weighted by Gasteiger charge is -2.21. The predicted octanol–water partition coefficient (Wildman–Crippen LogP) is 3.51. The Morgan fingerprint density at radius 2 is 2.08 bits per heavy atom. The maximum atomic E-state index is 12.4. The van der Waals surface area contributed by atoms with Gasteiger partial charge in [-0.25, -0.2) is 0 Å². The fraction of sp³-hybridized carbons (Fsp3) is 0.222. The van der Waals surface area contributed by atoms with Gasteiger partial charge in [-0.2, -0.15) is 0 Å². The second-order valence-corrected chi connectivity index (χ2v) is 6.43. The molecule has 0 aliphatic carbocycles. The zero-order valence-electron chi connectivity index (χ0n) is 13.2. The van der Waals surface area contributed by atoms with Gasteiger partial charge in [0.2, 0.25) is 11.8 Å². The van der Waals surface area contributed by atoms with Crippen LogP contribution in [0.15, 0.2) is 46.9 Å². The van der Waals surface area contributed by atoms with Crippen molar-refractivity contribution in [2.24, 2.45) is 0 Å². The molecular weight excluding hydrogens is 372 g/mol. The molecule has 3 rings (SSSR count). The molecule has 1 aliphatic rings. The number of fused-ring (bicyclic) bond motifs is 1. The van der Waals surface area contributed by atoms with E-state index in [1.165, 1.54) is 4.90 Å². The Kier molecular flexibility index (Phi) is 4.85. The maximum absolute atomic E-state index is 12.4. The summed E-state index contributed by atoms with van der Waals surface area (Å²) in [4.78, 5) is 26.2. The Balaban J connectivity index is 1.79. The van der Waals surface area contributed by atoms with Crippen LogP contribution in [-0.4, -0.2) is 25.0 Å². The van der Waals surface area contributed by atoms with Crippen molar-refractivity contribution in [2.75, 3.05) is 23.4 Å². The lowest BCUT2D eigenvalue weighted by atomic mass is 10.2. The van der Waals surface area contributed by atoms with Gasteiger partial charge in [-0.3, -0.25) is 14.5 Å². The number of aryl methyl sites for hydroxylation is 1. The second-order valence-electron chi connectivity index (χ2n) is 5.58. The summed E-state index contributed by atoms with van der Waals surface area (Å²) < 4.78 is 6.39. The van der Waals surface area contributed by atoms with E-state index in [4.69, 9.17) is 4.74 Å². The van der Waals surface area contributed by atoms with Crippen molar-refractivity contribution in [2.45, 2.75) is 13.3 Å². The highest BCUT2D eigenvalue weighted by molar-refractivity contribution is 9.10. The van der Waals surface area contributed by atoms with Crippen LogP contribution in [0.2, 0.25) is 0 Å². The zero-order chi connectivity index (χ0) is 17.1. The average Bonchev–Trinajstić information content (AvgIpc) is 2.70. The van der Waals surface area contributed by atoms with E-state index >= 15 is 0 Å². The minimum absolute atomic E-state index is 0.0560. The Morgan fingerprint density at radius 1 is 1.29 bits per heavy atom. The topological polar surface area (TPSA) is 58.6 Å². The van der Waals surface area contributed by atoms with Gasteiger partial charge in [0.25, 0.3) is 0 Å². The highest BCUT2D eigenvalue weighted by Gasteiger charge is 2.25. The highest BCUT2D eigenvalue weighted by Crippen LogP contribution is 2.31. The third kappa shape index (κ3) is 3.59. The van der Waals surface area contributed by atoms with Crippen molar-refractivity contribution in [1.82, 2.24) is 0 Å². The number of benzene rings is 2. The first-order valence-corrected chi connectivity index (χ1v) is 8.42. The number of para-hydroxylation sites is 2. The number of nitrogens with one attached hydrogen (secondary N) is 1. The molecule has 0 atom stereocenters. The number of ether oxygens (including phenoxy) is 1. The Hall–Kier alpha value is -2.34. The molecule has 0 bridgehead atoms. The predicted molar refractivity (Wildman–Crippen MR) is 96.4 cm³/mol. The summed E-state index contributed by atoms with van der Waals surface area (Å²) >= 11 is 3.44. The van der Waals surface area contributed by atoms with E-state index in [-0.39, 0.29) is 24.8 Å². The molecule has 124 valence electrons. The Labute approximate surface area is 148 Å². The van der Waals surface area contributed by atoms with Crippen LogP contribution in [0.25, 0.3) is 0 Å². The minimum atomic E-state index is -0.260. The van der Waals surface area contributed by atoms with Crippen LogP contribution in [0.4, 0.5) is 11.4 Å². The number of amides is 2. The largest absolute Gasteiger partial charge is 0.491 e. The smallest absolute Gasteiger partial charge is 0.244 e. The van der Waals surface area contributed by atoms with E-state index in [0.717, 1.165) is 10.0 Å². The van der Waals surface area contributed by atoms with E-state index in [0.29, 0.717) is 23.7 Å². The molecule has 0 radical (unpaired) electrons. The maximum Gasteiger partial charge on any atom is 0.244 e. The number of halogens is 1. The van der Waals surface area contributed by atoms with Crippen LogP contribution in [-0.2, 0) is 9.59 Å². The van der Waals surface area contributed by atoms with Gasteiger partial charge in [-0.05, 0) is 52.7 Å². The van der Waals surface area contributed by atoms with Crippen LogP contribution in [0.1, 0.15) is 12.0 Å². The van der Waals surface area contributed by atoms with Crippen LogP contribution in [0.5, 0.6) is 5.75 Å². The third-order valence-electron chi connectivity index (χ3n) is 3.73. The van der Waals surface area contributed by atoms with Gasteiger partial charge in [0.1, 0.15) is 12.3 Å². The molecule has 6 heteroatoms. The third-order valence-corrected chi connectivity index (χ3v) is 4.39. The first-order chi connectivity index (χ1) is 11.5. The van der Waals surface area contributed by atoms with E-state index < -0.39 is 0 Å². The van der Waals surface area contributed by atoms with Crippen LogP contribution < -0.4 is 15.0 Å². The Morgan fingerprint density at radius 3 is 2.88 bits per heavy atom. The van der Waals surface area contributed by atoms with Crippen molar-refractivity contribution < 1.29 is 14.3 Å². The molecule has 5 nitrogen and oxygen atoms in total. The van der Waals surface area contributed by atoms with Crippen molar-refractivity contribution in [3.8, 4) is 5.75 Å². The van der Waals surface area contributed by atoms with Crippen molar-refractivity contribution in [3.63, 3.8) is 0 Å². The summed E-state index contributed by atoms with van der Waals surface area (Å²) in [6, 6.07) is 12.9. The van der Waals surface area contributed by atoms with Crippen LogP contribution >= 0.6 is 15.9 Å². The molecule has 2 aromatic carbocycles. The molecule has 0 saturated carbocycles. The lowest BCUT2D eigenvalue weighted by Crippen LogP contribution is -2.37. The summed E-state index contributed by atoms with van der Waals surface area (Å²) in [6.07, 6.45) is 0.246. The normalized spacial score (nSPS) is 13.8. The standard InChI is InChI=1S/C18H17BrN2O3/c1-12-6-7-14(13(19)10-12)20-17(22)11-21-15-4-2-3-5-16(15)24-9-8-18(21)23/h2-7,10H,8-9,11H2,1H3,(H,20,22). The molecule has 1 aliphatic heterocycles. The molecule has 2 amide bonds. The van der Waals surface area contributed by atoms with E-state index in [1.807, 2.05) is 37.3 Å². The van der Waals surface area contributed by atoms with E-state index in [2.05, 4.69) is 21.2 Å². The zero-order valence-corrected chi connectivity index (χ0v) is 14.8. The summed E-state index contributed by atoms with van der Waals surface area (Å²) in [7, 11) is 0. The number of carbonyl (C=O) groups is 2. The molecule has 0 unspecified atom stereocenters. The molecule has 1 N–H and O–H groups in total.